The standard InChI is InChI=1S/C24H34O16/c1-10(25)32-8-17-20(16(34-12(3)27)7-19(31)38-17)40-24-23(37-15(6)30)22(36-14(5)29)21(35-13(4)28)18(39-24)9-33-11(2)26/h16-24,31H,7-9H2,1-6H3/t16-,17-,18-,19-,20+,21+,22+,23-,24+/m1/s1. The molecule has 2 saturated heterocycles. The summed E-state index contributed by atoms with van der Waals surface area (Å²) in [4.78, 5) is 70.8. The van der Waals surface area contributed by atoms with Gasteiger partial charge < -0.3 is 47.7 Å². The van der Waals surface area contributed by atoms with Crippen LogP contribution < -0.4 is 0 Å². The van der Waals surface area contributed by atoms with Crippen LogP contribution in [0.4, 0.5) is 0 Å². The molecule has 9 atom stereocenters. The average Bonchev–Trinajstić information content (AvgIpc) is 2.80. The number of hydrogen-bond acceptors (Lipinski definition) is 16. The van der Waals surface area contributed by atoms with Crippen LogP contribution in [0.1, 0.15) is 48.0 Å². The second-order valence-corrected chi connectivity index (χ2v) is 8.98. The lowest BCUT2D eigenvalue weighted by Crippen LogP contribution is -2.65. The molecular weight excluding hydrogens is 544 g/mol. The molecule has 0 saturated carbocycles. The van der Waals surface area contributed by atoms with Gasteiger partial charge in [-0.25, -0.2) is 0 Å². The molecule has 226 valence electrons. The Hall–Kier alpha value is -3.34. The fraction of sp³-hybridized carbons (Fsp3) is 0.750. The first-order chi connectivity index (χ1) is 18.7. The van der Waals surface area contributed by atoms with Crippen LogP contribution in [-0.4, -0.2) is 109 Å². The van der Waals surface area contributed by atoms with Crippen LogP contribution in [0, 0.1) is 0 Å². The molecule has 0 aromatic heterocycles. The predicted molar refractivity (Wildman–Crippen MR) is 125 cm³/mol. The molecule has 0 unspecified atom stereocenters. The van der Waals surface area contributed by atoms with E-state index < -0.39 is 104 Å². The van der Waals surface area contributed by atoms with Crippen molar-refractivity contribution in [3.63, 3.8) is 0 Å². The summed E-state index contributed by atoms with van der Waals surface area (Å²) in [6.45, 7) is 5.62. The van der Waals surface area contributed by atoms with Gasteiger partial charge in [-0.3, -0.25) is 28.8 Å². The molecule has 1 N–H and O–H groups in total. The van der Waals surface area contributed by atoms with Crippen molar-refractivity contribution in [2.24, 2.45) is 0 Å². The maximum Gasteiger partial charge on any atom is 0.303 e. The van der Waals surface area contributed by atoms with Crippen molar-refractivity contribution in [1.29, 1.82) is 0 Å². The third-order valence-corrected chi connectivity index (χ3v) is 5.51. The van der Waals surface area contributed by atoms with Crippen molar-refractivity contribution in [1.82, 2.24) is 0 Å². The Morgan fingerprint density at radius 1 is 0.600 bits per heavy atom. The third-order valence-electron chi connectivity index (χ3n) is 5.51. The number of rotatable bonds is 10. The smallest absolute Gasteiger partial charge is 0.303 e. The molecule has 0 amide bonds. The van der Waals surface area contributed by atoms with Gasteiger partial charge in [0.1, 0.15) is 37.6 Å². The van der Waals surface area contributed by atoms with Crippen molar-refractivity contribution in [2.45, 2.75) is 103 Å². The van der Waals surface area contributed by atoms with Gasteiger partial charge in [-0.05, 0) is 0 Å². The molecule has 0 aromatic rings. The van der Waals surface area contributed by atoms with Gasteiger partial charge in [0, 0.05) is 48.0 Å². The van der Waals surface area contributed by atoms with Crippen molar-refractivity contribution in [3.05, 3.63) is 0 Å². The number of hydrogen-bond donors (Lipinski definition) is 1. The third kappa shape index (κ3) is 10.0. The van der Waals surface area contributed by atoms with Gasteiger partial charge in [-0.2, -0.15) is 0 Å². The van der Waals surface area contributed by atoms with E-state index in [9.17, 15) is 33.9 Å². The van der Waals surface area contributed by atoms with E-state index in [1.807, 2.05) is 0 Å². The summed E-state index contributed by atoms with van der Waals surface area (Å²) in [5.41, 5.74) is 0. The molecule has 0 bridgehead atoms. The summed E-state index contributed by atoms with van der Waals surface area (Å²) in [6.07, 6.45) is -12.8. The summed E-state index contributed by atoms with van der Waals surface area (Å²) < 4.78 is 48.9. The van der Waals surface area contributed by atoms with Crippen molar-refractivity contribution in [2.75, 3.05) is 13.2 Å². The maximum absolute atomic E-state index is 12.1. The molecule has 2 fully saturated rings. The quantitative estimate of drug-likeness (QED) is 0.245. The Bertz CT molecular complexity index is 949. The SMILES string of the molecule is CC(=O)OC[C@H]1O[C@@H](O)C[C@@H](OC(C)=O)[C@@H]1O[C@@H]1O[C@H](COC(C)=O)[C@H](OC(C)=O)[C@H](OC(C)=O)[C@H]1OC(C)=O. The molecule has 2 rings (SSSR count). The summed E-state index contributed by atoms with van der Waals surface area (Å²) in [6, 6.07) is 0. The summed E-state index contributed by atoms with van der Waals surface area (Å²) >= 11 is 0. The van der Waals surface area contributed by atoms with Gasteiger partial charge >= 0.3 is 35.8 Å². The highest BCUT2D eigenvalue weighted by Gasteiger charge is 2.55. The van der Waals surface area contributed by atoms with Crippen molar-refractivity contribution in [3.8, 4) is 0 Å². The van der Waals surface area contributed by atoms with Crippen LogP contribution in [0.5, 0.6) is 0 Å². The number of aliphatic hydroxyl groups excluding tert-OH is 1. The number of esters is 6. The number of ether oxygens (including phenoxy) is 9. The lowest BCUT2D eigenvalue weighted by Gasteiger charge is -2.47. The van der Waals surface area contributed by atoms with E-state index >= 15 is 0 Å². The molecule has 0 radical (unpaired) electrons. The number of carbonyl (C=O) groups is 6. The summed E-state index contributed by atoms with van der Waals surface area (Å²) in [7, 11) is 0. The lowest BCUT2D eigenvalue weighted by atomic mass is 9.97. The van der Waals surface area contributed by atoms with Gasteiger partial charge in [0.25, 0.3) is 0 Å². The lowest BCUT2D eigenvalue weighted by molar-refractivity contribution is -0.344. The Kier molecular flexibility index (Phi) is 12.2. The van der Waals surface area contributed by atoms with Gasteiger partial charge in [-0.1, -0.05) is 0 Å². The van der Waals surface area contributed by atoms with Crippen molar-refractivity contribution < 1.29 is 76.5 Å². The first-order valence-electron chi connectivity index (χ1n) is 12.3. The van der Waals surface area contributed by atoms with E-state index in [0.717, 1.165) is 41.5 Å². The summed E-state index contributed by atoms with van der Waals surface area (Å²) in [5, 5.41) is 10.2. The number of aliphatic hydroxyl groups is 1. The first kappa shape index (κ1) is 32.9. The topological polar surface area (TPSA) is 206 Å². The minimum Gasteiger partial charge on any atom is -0.463 e. The highest BCUT2D eigenvalue weighted by atomic mass is 16.8. The maximum atomic E-state index is 12.1. The first-order valence-corrected chi connectivity index (χ1v) is 12.3. The Balaban J connectivity index is 2.54. The van der Waals surface area contributed by atoms with E-state index in [1.165, 1.54) is 0 Å². The Morgan fingerprint density at radius 3 is 1.52 bits per heavy atom. The van der Waals surface area contributed by atoms with Crippen LogP contribution >= 0.6 is 0 Å². The second-order valence-electron chi connectivity index (χ2n) is 8.98. The molecule has 2 aliphatic heterocycles. The molecule has 16 nitrogen and oxygen atoms in total. The minimum absolute atomic E-state index is 0.258. The molecule has 0 spiro atoms. The van der Waals surface area contributed by atoms with Gasteiger partial charge in [0.05, 0.1) is 0 Å². The van der Waals surface area contributed by atoms with Gasteiger partial charge in [-0.15, -0.1) is 0 Å². The van der Waals surface area contributed by atoms with Gasteiger partial charge in [0.15, 0.2) is 30.9 Å². The van der Waals surface area contributed by atoms with E-state index in [-0.39, 0.29) is 6.42 Å². The van der Waals surface area contributed by atoms with Crippen LogP contribution in [0.3, 0.4) is 0 Å². The average molecular weight is 579 g/mol. The highest BCUT2D eigenvalue weighted by molar-refractivity contribution is 5.69. The predicted octanol–water partition coefficient (Wildman–Crippen LogP) is -0.943. The van der Waals surface area contributed by atoms with E-state index in [4.69, 9.17) is 42.6 Å². The Labute approximate surface area is 229 Å². The van der Waals surface area contributed by atoms with E-state index in [0.29, 0.717) is 0 Å². The zero-order valence-corrected chi connectivity index (χ0v) is 22.9. The monoisotopic (exact) mass is 578 g/mol. The molecule has 0 aliphatic carbocycles. The van der Waals surface area contributed by atoms with Crippen LogP contribution in [0.15, 0.2) is 0 Å². The molecule has 0 aromatic carbocycles. The zero-order chi connectivity index (χ0) is 30.1. The van der Waals surface area contributed by atoms with Crippen LogP contribution in [-0.2, 0) is 71.4 Å². The fourth-order valence-electron chi connectivity index (χ4n) is 4.20. The molecule has 2 heterocycles. The zero-order valence-electron chi connectivity index (χ0n) is 22.9. The van der Waals surface area contributed by atoms with Crippen LogP contribution in [0.25, 0.3) is 0 Å². The molecule has 16 heteroatoms. The van der Waals surface area contributed by atoms with E-state index in [2.05, 4.69) is 0 Å². The molecule has 2 aliphatic rings. The highest BCUT2D eigenvalue weighted by Crippen LogP contribution is 2.34. The van der Waals surface area contributed by atoms with Crippen LogP contribution in [0.2, 0.25) is 0 Å². The van der Waals surface area contributed by atoms with E-state index in [1.54, 1.807) is 0 Å². The normalized spacial score (nSPS) is 31.7. The minimum atomic E-state index is -1.64. The Morgan fingerprint density at radius 2 is 1.05 bits per heavy atom. The largest absolute Gasteiger partial charge is 0.463 e. The number of carbonyl (C=O) groups excluding carboxylic acids is 6. The fourth-order valence-corrected chi connectivity index (χ4v) is 4.20. The second kappa shape index (κ2) is 14.9. The summed E-state index contributed by atoms with van der Waals surface area (Å²) in [5.74, 6) is -4.65. The van der Waals surface area contributed by atoms with Gasteiger partial charge in [0.2, 0.25) is 0 Å². The molecule has 40 heavy (non-hydrogen) atoms. The molecular formula is C24H34O16. The van der Waals surface area contributed by atoms with Crippen molar-refractivity contribution >= 4 is 35.8 Å².